The minimum Gasteiger partial charge on any atom is -0.494 e. The quantitative estimate of drug-likeness (QED) is 0.307. The molecule has 0 saturated carbocycles. The number of nitrogens with zero attached hydrogens (tertiary/aromatic N) is 1. The minimum absolute atomic E-state index is 0.0603. The number of carbonyl (C=O) groups is 2. The molecule has 216 valence electrons. The van der Waals surface area contributed by atoms with Crippen molar-refractivity contribution < 1.29 is 28.9 Å². The summed E-state index contributed by atoms with van der Waals surface area (Å²) in [4.78, 5) is 28.5. The molecular formula is C33H38N2O6. The van der Waals surface area contributed by atoms with E-state index >= 15 is 0 Å². The van der Waals surface area contributed by atoms with Gasteiger partial charge in [0, 0.05) is 24.2 Å². The smallest absolute Gasteiger partial charge is 0.309 e. The zero-order valence-corrected chi connectivity index (χ0v) is 23.9. The van der Waals surface area contributed by atoms with Gasteiger partial charge in [-0.1, -0.05) is 57.2 Å². The number of amides is 1. The second-order valence-corrected chi connectivity index (χ2v) is 10.6. The third-order valence-corrected chi connectivity index (χ3v) is 8.01. The molecule has 1 saturated heterocycles. The van der Waals surface area contributed by atoms with Crippen LogP contribution >= 0.6 is 0 Å². The second kappa shape index (κ2) is 12.6. The molecule has 0 radical (unpaired) electrons. The van der Waals surface area contributed by atoms with E-state index in [0.29, 0.717) is 24.7 Å². The maximum Gasteiger partial charge on any atom is 0.309 e. The third-order valence-electron chi connectivity index (χ3n) is 8.01. The second-order valence-electron chi connectivity index (χ2n) is 10.6. The van der Waals surface area contributed by atoms with Gasteiger partial charge in [0.15, 0.2) is 11.5 Å². The Morgan fingerprint density at radius 2 is 1.63 bits per heavy atom. The van der Waals surface area contributed by atoms with Gasteiger partial charge in [-0.25, -0.2) is 0 Å². The molecule has 2 N–H and O–H groups in total. The van der Waals surface area contributed by atoms with Crippen LogP contribution in [0, 0.1) is 5.92 Å². The van der Waals surface area contributed by atoms with Crippen LogP contribution in [-0.2, 0) is 22.4 Å². The number of fused-ring (bicyclic) bond motifs is 1. The summed E-state index contributed by atoms with van der Waals surface area (Å²) in [7, 11) is 0. The number of benzene rings is 3. The Morgan fingerprint density at radius 3 is 2.29 bits per heavy atom. The van der Waals surface area contributed by atoms with Crippen molar-refractivity contribution in [3.05, 3.63) is 82.9 Å². The number of carboxylic acids is 1. The van der Waals surface area contributed by atoms with E-state index in [9.17, 15) is 14.7 Å². The average Bonchev–Trinajstić information content (AvgIpc) is 3.61. The van der Waals surface area contributed by atoms with Crippen molar-refractivity contribution in [3.63, 3.8) is 0 Å². The van der Waals surface area contributed by atoms with E-state index in [1.807, 2.05) is 72.5 Å². The highest BCUT2D eigenvalue weighted by Crippen LogP contribution is 2.47. The molecule has 8 heteroatoms. The summed E-state index contributed by atoms with van der Waals surface area (Å²) >= 11 is 0. The van der Waals surface area contributed by atoms with Crippen molar-refractivity contribution in [2.45, 2.75) is 52.0 Å². The highest BCUT2D eigenvalue weighted by molar-refractivity contribution is 5.94. The van der Waals surface area contributed by atoms with Crippen molar-refractivity contribution >= 4 is 17.6 Å². The SMILES string of the molecule is CCCOc1ccc(C2[C@H](C(=O)O)[C@@H](c3ccc4c(c3)OCO4)CN2CC(=O)Nc2c(CC)cccc2CC)cc1. The zero-order valence-electron chi connectivity index (χ0n) is 23.9. The number of nitrogens with one attached hydrogen (secondary N) is 1. The maximum absolute atomic E-state index is 13.6. The number of carboxylic acid groups (broad SMARTS) is 1. The van der Waals surface area contributed by atoms with Crippen LogP contribution < -0.4 is 19.5 Å². The Morgan fingerprint density at radius 1 is 0.951 bits per heavy atom. The van der Waals surface area contributed by atoms with Crippen LogP contribution in [0.25, 0.3) is 0 Å². The largest absolute Gasteiger partial charge is 0.494 e. The first-order valence-corrected chi connectivity index (χ1v) is 14.4. The molecule has 8 nitrogen and oxygen atoms in total. The molecule has 1 amide bonds. The van der Waals surface area contributed by atoms with Crippen LogP contribution in [0.3, 0.4) is 0 Å². The van der Waals surface area contributed by atoms with Gasteiger partial charge in [-0.15, -0.1) is 0 Å². The first kappa shape index (κ1) is 28.5. The van der Waals surface area contributed by atoms with Gasteiger partial charge in [0.25, 0.3) is 0 Å². The van der Waals surface area contributed by atoms with Crippen LogP contribution in [0.1, 0.15) is 61.4 Å². The Labute approximate surface area is 241 Å². The van der Waals surface area contributed by atoms with E-state index in [1.165, 1.54) is 0 Å². The lowest BCUT2D eigenvalue weighted by atomic mass is 9.82. The number of aliphatic carboxylic acids is 1. The molecule has 5 rings (SSSR count). The molecule has 41 heavy (non-hydrogen) atoms. The number of para-hydroxylation sites is 1. The number of anilines is 1. The molecule has 0 spiro atoms. The van der Waals surface area contributed by atoms with Gasteiger partial charge in [0.1, 0.15) is 5.75 Å². The number of likely N-dealkylation sites (tertiary alicyclic amines) is 1. The van der Waals surface area contributed by atoms with Crippen molar-refractivity contribution in [3.8, 4) is 17.2 Å². The van der Waals surface area contributed by atoms with Crippen LogP contribution in [0.5, 0.6) is 17.2 Å². The minimum atomic E-state index is -0.906. The Kier molecular flexibility index (Phi) is 8.78. The lowest BCUT2D eigenvalue weighted by Gasteiger charge is -2.27. The first-order valence-electron chi connectivity index (χ1n) is 14.4. The zero-order chi connectivity index (χ0) is 28.9. The highest BCUT2D eigenvalue weighted by atomic mass is 16.7. The van der Waals surface area contributed by atoms with E-state index in [4.69, 9.17) is 14.2 Å². The normalized spacial score (nSPS) is 19.7. The predicted octanol–water partition coefficient (Wildman–Crippen LogP) is 5.81. The standard InChI is InChI=1S/C33H38N2O6/c1-4-16-39-25-13-10-23(11-14-25)32-30(33(37)38)26(24-12-15-27-28(17-24)41-20-40-27)18-35(32)19-29(36)34-31-21(5-2)8-7-9-22(31)6-3/h7-15,17,26,30,32H,4-6,16,18-20H2,1-3H3,(H,34,36)(H,37,38)/t26-,30-,32?/m1/s1. The van der Waals surface area contributed by atoms with E-state index in [1.54, 1.807) is 0 Å². The summed E-state index contributed by atoms with van der Waals surface area (Å²) in [5.74, 6) is -0.207. The maximum atomic E-state index is 13.6. The van der Waals surface area contributed by atoms with Gasteiger partial charge in [0.05, 0.1) is 19.1 Å². The fraction of sp³-hybridized carbons (Fsp3) is 0.394. The number of rotatable bonds is 11. The van der Waals surface area contributed by atoms with Gasteiger partial charge >= 0.3 is 5.97 Å². The van der Waals surface area contributed by atoms with Gasteiger partial charge in [0.2, 0.25) is 12.7 Å². The molecule has 1 fully saturated rings. The summed E-state index contributed by atoms with van der Waals surface area (Å²) < 4.78 is 16.8. The lowest BCUT2D eigenvalue weighted by Crippen LogP contribution is -2.35. The summed E-state index contributed by atoms with van der Waals surface area (Å²) in [6.07, 6.45) is 2.50. The van der Waals surface area contributed by atoms with E-state index in [0.717, 1.165) is 53.0 Å². The van der Waals surface area contributed by atoms with Gasteiger partial charge in [-0.3, -0.25) is 14.5 Å². The van der Waals surface area contributed by atoms with Gasteiger partial charge in [-0.05, 0) is 65.8 Å². The summed E-state index contributed by atoms with van der Waals surface area (Å²) in [5.41, 5.74) is 4.71. The van der Waals surface area contributed by atoms with Crippen LogP contribution in [-0.4, -0.2) is 48.4 Å². The summed E-state index contributed by atoms with van der Waals surface area (Å²) in [6, 6.07) is 18.8. The van der Waals surface area contributed by atoms with E-state index in [2.05, 4.69) is 19.2 Å². The monoisotopic (exact) mass is 558 g/mol. The Balaban J connectivity index is 1.47. The fourth-order valence-electron chi connectivity index (χ4n) is 6.02. The van der Waals surface area contributed by atoms with E-state index in [-0.39, 0.29) is 25.2 Å². The molecule has 0 aliphatic carbocycles. The average molecular weight is 559 g/mol. The van der Waals surface area contributed by atoms with Crippen LogP contribution in [0.15, 0.2) is 60.7 Å². The molecule has 1 unspecified atom stereocenters. The van der Waals surface area contributed by atoms with Crippen molar-refractivity contribution in [1.29, 1.82) is 0 Å². The molecule has 0 aromatic heterocycles. The molecule has 3 aromatic rings. The van der Waals surface area contributed by atoms with Crippen molar-refractivity contribution in [2.75, 3.05) is 31.8 Å². The molecule has 2 aliphatic heterocycles. The number of ether oxygens (including phenoxy) is 3. The van der Waals surface area contributed by atoms with E-state index < -0.39 is 17.9 Å². The van der Waals surface area contributed by atoms with Gasteiger partial charge in [-0.2, -0.15) is 0 Å². The molecule has 3 aromatic carbocycles. The molecular weight excluding hydrogens is 520 g/mol. The number of hydrogen-bond donors (Lipinski definition) is 2. The molecule has 0 bridgehead atoms. The summed E-state index contributed by atoms with van der Waals surface area (Å²) in [6.45, 7) is 7.41. The topological polar surface area (TPSA) is 97.3 Å². The first-order chi connectivity index (χ1) is 19.9. The Hall–Kier alpha value is -4.04. The number of aryl methyl sites for hydroxylation is 2. The number of hydrogen-bond acceptors (Lipinski definition) is 6. The molecule has 2 heterocycles. The molecule has 3 atom stereocenters. The lowest BCUT2D eigenvalue weighted by molar-refractivity contribution is -0.143. The summed E-state index contributed by atoms with van der Waals surface area (Å²) in [5, 5.41) is 13.7. The van der Waals surface area contributed by atoms with Crippen molar-refractivity contribution in [1.82, 2.24) is 4.90 Å². The van der Waals surface area contributed by atoms with Crippen molar-refractivity contribution in [2.24, 2.45) is 5.92 Å². The third kappa shape index (κ3) is 6.03. The van der Waals surface area contributed by atoms with Gasteiger partial charge < -0.3 is 24.6 Å². The van der Waals surface area contributed by atoms with Crippen LogP contribution in [0.4, 0.5) is 5.69 Å². The fourth-order valence-corrected chi connectivity index (χ4v) is 6.02. The highest BCUT2D eigenvalue weighted by Gasteiger charge is 2.48. The number of carbonyl (C=O) groups excluding carboxylic acids is 1. The Bertz CT molecular complexity index is 1370. The van der Waals surface area contributed by atoms with Crippen LogP contribution in [0.2, 0.25) is 0 Å². The predicted molar refractivity (Wildman–Crippen MR) is 157 cm³/mol. The molecule has 2 aliphatic rings.